The van der Waals surface area contributed by atoms with E-state index >= 15 is 0 Å². The Balaban J connectivity index is 1.86. The van der Waals surface area contributed by atoms with Gasteiger partial charge >= 0.3 is 0 Å². The molecule has 1 aromatic carbocycles. The van der Waals surface area contributed by atoms with Crippen LogP contribution < -0.4 is 5.73 Å². The summed E-state index contributed by atoms with van der Waals surface area (Å²) in [4.78, 5) is 20.7. The first-order valence-electron chi connectivity index (χ1n) is 11.1. The maximum atomic E-state index is 14.0. The third-order valence-electron chi connectivity index (χ3n) is 7.30. The van der Waals surface area contributed by atoms with E-state index in [1.54, 1.807) is 12.0 Å². The average Bonchev–Trinajstić information content (AvgIpc) is 3.08. The highest BCUT2D eigenvalue weighted by molar-refractivity contribution is 6.08. The SMILES string of the molecule is CO[C@H]1CC[C@]2(CC1)Cc1ccc(CC(C)C)cc1C21N=C(N)N(C(C)C)C1=O. The van der Waals surface area contributed by atoms with Gasteiger partial charge in [0.1, 0.15) is 0 Å². The molecule has 4 rings (SSSR count). The van der Waals surface area contributed by atoms with Crippen molar-refractivity contribution in [1.82, 2.24) is 4.90 Å². The van der Waals surface area contributed by atoms with E-state index in [4.69, 9.17) is 15.5 Å². The third-order valence-corrected chi connectivity index (χ3v) is 7.30. The highest BCUT2D eigenvalue weighted by Gasteiger charge is 2.66. The number of carbonyl (C=O) groups excluding carboxylic acids is 1. The summed E-state index contributed by atoms with van der Waals surface area (Å²) in [5.41, 5.74) is 8.95. The number of hydrogen-bond donors (Lipinski definition) is 1. The first-order chi connectivity index (χ1) is 13.7. The van der Waals surface area contributed by atoms with E-state index in [0.29, 0.717) is 11.9 Å². The predicted octanol–water partition coefficient (Wildman–Crippen LogP) is 3.78. The Morgan fingerprint density at radius 3 is 2.48 bits per heavy atom. The van der Waals surface area contributed by atoms with Crippen molar-refractivity contribution >= 4 is 11.9 Å². The summed E-state index contributed by atoms with van der Waals surface area (Å²) in [6, 6.07) is 6.73. The molecular formula is C24H35N3O2. The molecule has 2 aliphatic carbocycles. The lowest BCUT2D eigenvalue weighted by Gasteiger charge is -2.45. The number of ether oxygens (including phenoxy) is 1. The second-order valence-corrected chi connectivity index (χ2v) is 9.93. The lowest BCUT2D eigenvalue weighted by Crippen LogP contribution is -2.53. The zero-order valence-electron chi connectivity index (χ0n) is 18.5. The fraction of sp³-hybridized carbons (Fsp3) is 0.667. The zero-order valence-corrected chi connectivity index (χ0v) is 18.5. The fourth-order valence-corrected chi connectivity index (χ4v) is 5.98. The Morgan fingerprint density at radius 1 is 1.24 bits per heavy atom. The first-order valence-corrected chi connectivity index (χ1v) is 11.1. The van der Waals surface area contributed by atoms with Crippen LogP contribution in [0.5, 0.6) is 0 Å². The van der Waals surface area contributed by atoms with E-state index in [0.717, 1.165) is 44.1 Å². The van der Waals surface area contributed by atoms with E-state index in [9.17, 15) is 4.79 Å². The summed E-state index contributed by atoms with van der Waals surface area (Å²) in [6.07, 6.45) is 5.99. The van der Waals surface area contributed by atoms with Crippen LogP contribution in [-0.4, -0.2) is 36.0 Å². The fourth-order valence-electron chi connectivity index (χ4n) is 5.98. The van der Waals surface area contributed by atoms with Gasteiger partial charge in [0.25, 0.3) is 5.91 Å². The van der Waals surface area contributed by atoms with Crippen molar-refractivity contribution in [2.75, 3.05) is 7.11 Å². The molecule has 1 heterocycles. The van der Waals surface area contributed by atoms with Crippen LogP contribution in [0.3, 0.4) is 0 Å². The third kappa shape index (κ3) is 2.92. The van der Waals surface area contributed by atoms with Gasteiger partial charge in [-0.2, -0.15) is 0 Å². The quantitative estimate of drug-likeness (QED) is 0.841. The number of rotatable bonds is 4. The number of carbonyl (C=O) groups is 1. The van der Waals surface area contributed by atoms with Crippen molar-refractivity contribution < 1.29 is 9.53 Å². The predicted molar refractivity (Wildman–Crippen MR) is 116 cm³/mol. The van der Waals surface area contributed by atoms with Crippen LogP contribution in [0.4, 0.5) is 0 Å². The van der Waals surface area contributed by atoms with Crippen molar-refractivity contribution in [2.45, 2.75) is 83.9 Å². The molecule has 5 nitrogen and oxygen atoms in total. The van der Waals surface area contributed by atoms with Crippen LogP contribution >= 0.6 is 0 Å². The highest BCUT2D eigenvalue weighted by Crippen LogP contribution is 2.62. The van der Waals surface area contributed by atoms with Crippen molar-refractivity contribution in [3.05, 3.63) is 34.9 Å². The van der Waals surface area contributed by atoms with E-state index in [1.807, 2.05) is 13.8 Å². The van der Waals surface area contributed by atoms with Crippen LogP contribution in [0, 0.1) is 11.3 Å². The molecule has 2 spiro atoms. The molecule has 1 aliphatic heterocycles. The number of aliphatic imine (C=N–C) groups is 1. The van der Waals surface area contributed by atoms with Crippen molar-refractivity contribution in [2.24, 2.45) is 22.1 Å². The molecule has 0 bridgehead atoms. The van der Waals surface area contributed by atoms with Crippen LogP contribution in [0.1, 0.15) is 70.1 Å². The lowest BCUT2D eigenvalue weighted by atomic mass is 9.61. The lowest BCUT2D eigenvalue weighted by molar-refractivity contribution is -0.139. The van der Waals surface area contributed by atoms with E-state index < -0.39 is 5.54 Å². The van der Waals surface area contributed by atoms with Gasteiger partial charge < -0.3 is 10.5 Å². The van der Waals surface area contributed by atoms with Gasteiger partial charge in [0.05, 0.1) is 6.10 Å². The molecule has 1 saturated carbocycles. The Kier molecular flexibility index (Phi) is 5.01. The maximum Gasteiger partial charge on any atom is 0.262 e. The summed E-state index contributed by atoms with van der Waals surface area (Å²) >= 11 is 0. The molecular weight excluding hydrogens is 362 g/mol. The second-order valence-electron chi connectivity index (χ2n) is 9.93. The molecule has 0 aromatic heterocycles. The zero-order chi connectivity index (χ0) is 21.0. The van der Waals surface area contributed by atoms with Crippen molar-refractivity contribution in [1.29, 1.82) is 0 Å². The first kappa shape index (κ1) is 20.4. The summed E-state index contributed by atoms with van der Waals surface area (Å²) < 4.78 is 5.64. The number of nitrogens with zero attached hydrogens (tertiary/aromatic N) is 2. The molecule has 5 heteroatoms. The normalized spacial score (nSPS) is 31.4. The molecule has 1 atom stereocenters. The average molecular weight is 398 g/mol. The molecule has 0 saturated heterocycles. The minimum atomic E-state index is -0.873. The number of guanidine groups is 1. The summed E-state index contributed by atoms with van der Waals surface area (Å²) in [7, 11) is 1.79. The minimum Gasteiger partial charge on any atom is -0.381 e. The number of methoxy groups -OCH3 is 1. The second kappa shape index (κ2) is 7.12. The highest BCUT2D eigenvalue weighted by atomic mass is 16.5. The van der Waals surface area contributed by atoms with E-state index in [1.165, 1.54) is 11.1 Å². The smallest absolute Gasteiger partial charge is 0.262 e. The number of amides is 1. The Labute approximate surface area is 174 Å². The molecule has 0 radical (unpaired) electrons. The monoisotopic (exact) mass is 397 g/mol. The van der Waals surface area contributed by atoms with Gasteiger partial charge in [-0.15, -0.1) is 0 Å². The van der Waals surface area contributed by atoms with Crippen molar-refractivity contribution in [3.63, 3.8) is 0 Å². The van der Waals surface area contributed by atoms with Crippen molar-refractivity contribution in [3.8, 4) is 0 Å². The van der Waals surface area contributed by atoms with Gasteiger partial charge in [0, 0.05) is 18.6 Å². The standard InChI is InChI=1S/C24H35N3O2/c1-15(2)12-17-6-7-18-14-23(10-8-19(29-5)9-11-23)24(20(18)13-17)21(28)27(16(3)4)22(25)26-24/h6-7,13,15-16,19H,8-12,14H2,1-5H3,(H2,25,26)/t19-,23-,24?. The number of fused-ring (bicyclic) bond motifs is 3. The van der Waals surface area contributed by atoms with Gasteiger partial charge in [-0.1, -0.05) is 32.0 Å². The topological polar surface area (TPSA) is 67.9 Å². The molecule has 158 valence electrons. The van der Waals surface area contributed by atoms with Crippen LogP contribution in [-0.2, 0) is 27.9 Å². The molecule has 1 aromatic rings. The van der Waals surface area contributed by atoms with Gasteiger partial charge in [0.2, 0.25) is 0 Å². The number of hydrogen-bond acceptors (Lipinski definition) is 4. The maximum absolute atomic E-state index is 14.0. The van der Waals surface area contributed by atoms with Gasteiger partial charge in [-0.3, -0.25) is 9.69 Å². The Hall–Kier alpha value is -1.88. The molecule has 1 amide bonds. The molecule has 1 fully saturated rings. The molecule has 3 aliphatic rings. The van der Waals surface area contributed by atoms with Gasteiger partial charge in [-0.25, -0.2) is 4.99 Å². The summed E-state index contributed by atoms with van der Waals surface area (Å²) in [6.45, 7) is 8.49. The summed E-state index contributed by atoms with van der Waals surface area (Å²) in [5, 5.41) is 0. The van der Waals surface area contributed by atoms with E-state index in [-0.39, 0.29) is 23.5 Å². The molecule has 2 N–H and O–H groups in total. The van der Waals surface area contributed by atoms with Crippen LogP contribution in [0.15, 0.2) is 23.2 Å². The molecule has 1 unspecified atom stereocenters. The molecule has 29 heavy (non-hydrogen) atoms. The van der Waals surface area contributed by atoms with E-state index in [2.05, 4.69) is 32.0 Å². The van der Waals surface area contributed by atoms with Crippen LogP contribution in [0.25, 0.3) is 0 Å². The van der Waals surface area contributed by atoms with Crippen LogP contribution in [0.2, 0.25) is 0 Å². The Morgan fingerprint density at radius 2 is 1.93 bits per heavy atom. The summed E-state index contributed by atoms with van der Waals surface area (Å²) in [5.74, 6) is 1.01. The largest absolute Gasteiger partial charge is 0.381 e. The number of nitrogens with two attached hydrogens (primary N) is 1. The number of benzene rings is 1. The minimum absolute atomic E-state index is 0.000820. The Bertz CT molecular complexity index is 837. The van der Waals surface area contributed by atoms with Gasteiger partial charge in [0.15, 0.2) is 11.5 Å². The van der Waals surface area contributed by atoms with Gasteiger partial charge in [-0.05, 0) is 75.0 Å².